The molecule has 20 heavy (non-hydrogen) atoms. The van der Waals surface area contributed by atoms with Crippen LogP contribution in [0, 0.1) is 11.3 Å². The molecule has 1 fully saturated rings. The largest absolute Gasteiger partial charge is 0.326 e. The molecule has 4 heteroatoms. The second-order valence-electron chi connectivity index (χ2n) is 5.86. The van der Waals surface area contributed by atoms with Gasteiger partial charge in [-0.3, -0.25) is 4.79 Å². The van der Waals surface area contributed by atoms with Crippen molar-refractivity contribution in [1.29, 1.82) is 0 Å². The number of fused-ring (bicyclic) bond motifs is 1. The van der Waals surface area contributed by atoms with Gasteiger partial charge in [0.15, 0.2) is 0 Å². The van der Waals surface area contributed by atoms with Gasteiger partial charge < -0.3 is 10.6 Å². The van der Waals surface area contributed by atoms with Gasteiger partial charge in [0.05, 0.1) is 5.41 Å². The van der Waals surface area contributed by atoms with Crippen molar-refractivity contribution in [2.45, 2.75) is 20.3 Å². The third-order valence-electron chi connectivity index (χ3n) is 4.46. The first-order chi connectivity index (χ1) is 9.62. The lowest BCUT2D eigenvalue weighted by molar-refractivity contribution is -0.126. The van der Waals surface area contributed by atoms with E-state index >= 15 is 0 Å². The molecule has 1 saturated heterocycles. The highest BCUT2D eigenvalue weighted by molar-refractivity contribution is 7.17. The Kier molecular flexibility index (Phi) is 3.52. The first-order valence-corrected chi connectivity index (χ1v) is 7.99. The fraction of sp³-hybridized carbons (Fsp3) is 0.438. The third kappa shape index (κ3) is 2.23. The van der Waals surface area contributed by atoms with Crippen molar-refractivity contribution >= 4 is 33.0 Å². The van der Waals surface area contributed by atoms with E-state index in [4.69, 9.17) is 0 Å². The molecule has 1 atom stereocenters. The fourth-order valence-corrected chi connectivity index (χ4v) is 3.73. The molecule has 106 valence electrons. The minimum atomic E-state index is -0.274. The highest BCUT2D eigenvalue weighted by Gasteiger charge is 2.43. The summed E-state index contributed by atoms with van der Waals surface area (Å²) in [5, 5.41) is 9.71. The van der Waals surface area contributed by atoms with Gasteiger partial charge in [-0.2, -0.15) is 0 Å². The first-order valence-electron chi connectivity index (χ1n) is 7.11. The molecule has 3 rings (SSSR count). The predicted octanol–water partition coefficient (Wildman–Crippen LogP) is 3.48. The Labute approximate surface area is 123 Å². The minimum Gasteiger partial charge on any atom is -0.326 e. The van der Waals surface area contributed by atoms with Crippen LogP contribution in [0.5, 0.6) is 0 Å². The standard InChI is InChI=1S/C16H20N2OS/c1-11(2)16(6-7-17-10-16)15(19)18-13-3-4-14-12(9-13)5-8-20-14/h3-5,8-9,11,17H,6-7,10H2,1-2H3,(H,18,19). The summed E-state index contributed by atoms with van der Waals surface area (Å²) < 4.78 is 1.25. The number of nitrogens with one attached hydrogen (secondary N) is 2. The topological polar surface area (TPSA) is 41.1 Å². The number of benzene rings is 1. The molecule has 2 aromatic rings. The maximum atomic E-state index is 12.7. The number of hydrogen-bond donors (Lipinski definition) is 2. The normalized spacial score (nSPS) is 22.6. The number of amides is 1. The van der Waals surface area contributed by atoms with Crippen molar-refractivity contribution in [3.63, 3.8) is 0 Å². The van der Waals surface area contributed by atoms with E-state index in [2.05, 4.69) is 48.1 Å². The van der Waals surface area contributed by atoms with Crippen molar-refractivity contribution in [3.8, 4) is 0 Å². The molecule has 1 aromatic heterocycles. The third-order valence-corrected chi connectivity index (χ3v) is 5.35. The molecule has 0 spiro atoms. The van der Waals surface area contributed by atoms with Crippen molar-refractivity contribution in [1.82, 2.24) is 5.32 Å². The quantitative estimate of drug-likeness (QED) is 0.908. The van der Waals surface area contributed by atoms with Gasteiger partial charge in [0.1, 0.15) is 0 Å². The second-order valence-corrected chi connectivity index (χ2v) is 6.81. The van der Waals surface area contributed by atoms with Gasteiger partial charge in [-0.15, -0.1) is 11.3 Å². The lowest BCUT2D eigenvalue weighted by Gasteiger charge is -2.31. The molecule has 0 radical (unpaired) electrons. The number of hydrogen-bond acceptors (Lipinski definition) is 3. The zero-order valence-electron chi connectivity index (χ0n) is 11.9. The van der Waals surface area contributed by atoms with Gasteiger partial charge in [0, 0.05) is 16.9 Å². The van der Waals surface area contributed by atoms with E-state index in [1.165, 1.54) is 10.1 Å². The fourth-order valence-electron chi connectivity index (χ4n) is 2.96. The summed E-state index contributed by atoms with van der Waals surface area (Å²) in [5.74, 6) is 0.481. The molecule has 1 aromatic carbocycles. The molecule has 1 unspecified atom stereocenters. The molecule has 1 aliphatic heterocycles. The summed E-state index contributed by atoms with van der Waals surface area (Å²) in [7, 11) is 0. The average molecular weight is 288 g/mol. The van der Waals surface area contributed by atoms with Gasteiger partial charge in [0.25, 0.3) is 0 Å². The predicted molar refractivity (Wildman–Crippen MR) is 85.2 cm³/mol. The number of carbonyl (C=O) groups excluding carboxylic acids is 1. The maximum absolute atomic E-state index is 12.7. The SMILES string of the molecule is CC(C)C1(C(=O)Nc2ccc3sccc3c2)CCNC1. The number of anilines is 1. The van der Waals surface area contributed by atoms with Crippen LogP contribution in [0.15, 0.2) is 29.6 Å². The van der Waals surface area contributed by atoms with Crippen LogP contribution in [0.4, 0.5) is 5.69 Å². The highest BCUT2D eigenvalue weighted by atomic mass is 32.1. The second kappa shape index (κ2) is 5.19. The lowest BCUT2D eigenvalue weighted by Crippen LogP contribution is -2.42. The summed E-state index contributed by atoms with van der Waals surface area (Å²) in [6, 6.07) is 8.21. The number of carbonyl (C=O) groups is 1. The van der Waals surface area contributed by atoms with E-state index in [0.29, 0.717) is 5.92 Å². The van der Waals surface area contributed by atoms with E-state index in [1.54, 1.807) is 11.3 Å². The van der Waals surface area contributed by atoms with Gasteiger partial charge >= 0.3 is 0 Å². The van der Waals surface area contributed by atoms with Crippen LogP contribution in [-0.4, -0.2) is 19.0 Å². The molecule has 0 bridgehead atoms. The van der Waals surface area contributed by atoms with E-state index in [9.17, 15) is 4.79 Å². The molecule has 0 aliphatic carbocycles. The first kappa shape index (κ1) is 13.6. The van der Waals surface area contributed by atoms with Crippen molar-refractivity contribution in [2.24, 2.45) is 11.3 Å². The lowest BCUT2D eigenvalue weighted by atomic mass is 9.75. The molecular weight excluding hydrogens is 268 g/mol. The Bertz CT molecular complexity index is 626. The Morgan fingerprint density at radius 3 is 2.95 bits per heavy atom. The average Bonchev–Trinajstić information content (AvgIpc) is 3.07. The Morgan fingerprint density at radius 1 is 1.40 bits per heavy atom. The van der Waals surface area contributed by atoms with Crippen LogP contribution in [0.3, 0.4) is 0 Å². The van der Waals surface area contributed by atoms with Crippen molar-refractivity contribution in [3.05, 3.63) is 29.6 Å². The molecule has 2 heterocycles. The van der Waals surface area contributed by atoms with Crippen molar-refractivity contribution in [2.75, 3.05) is 18.4 Å². The summed E-state index contributed by atoms with van der Waals surface area (Å²) in [5.41, 5.74) is 0.622. The van der Waals surface area contributed by atoms with Gasteiger partial charge in [0.2, 0.25) is 5.91 Å². The van der Waals surface area contributed by atoms with Gasteiger partial charge in [-0.1, -0.05) is 13.8 Å². The molecule has 3 nitrogen and oxygen atoms in total. The van der Waals surface area contributed by atoms with E-state index < -0.39 is 0 Å². The Morgan fingerprint density at radius 2 is 2.25 bits per heavy atom. The van der Waals surface area contributed by atoms with Crippen LogP contribution in [0.2, 0.25) is 0 Å². The van der Waals surface area contributed by atoms with Crippen LogP contribution in [0.25, 0.3) is 10.1 Å². The van der Waals surface area contributed by atoms with Crippen molar-refractivity contribution < 1.29 is 4.79 Å². The highest BCUT2D eigenvalue weighted by Crippen LogP contribution is 2.35. The zero-order valence-corrected chi connectivity index (χ0v) is 12.7. The van der Waals surface area contributed by atoms with Gasteiger partial charge in [-0.25, -0.2) is 0 Å². The molecule has 1 aliphatic rings. The smallest absolute Gasteiger partial charge is 0.232 e. The number of rotatable bonds is 3. The van der Waals surface area contributed by atoms with Gasteiger partial charge in [-0.05, 0) is 53.9 Å². The van der Waals surface area contributed by atoms with E-state index in [-0.39, 0.29) is 11.3 Å². The molecule has 1 amide bonds. The summed E-state index contributed by atoms with van der Waals surface area (Å²) in [4.78, 5) is 12.7. The summed E-state index contributed by atoms with van der Waals surface area (Å²) >= 11 is 1.72. The molecule has 0 saturated carbocycles. The monoisotopic (exact) mass is 288 g/mol. The summed E-state index contributed by atoms with van der Waals surface area (Å²) in [6.45, 7) is 5.97. The van der Waals surface area contributed by atoms with Crippen LogP contribution < -0.4 is 10.6 Å². The van der Waals surface area contributed by atoms with E-state index in [1.807, 2.05) is 6.07 Å². The van der Waals surface area contributed by atoms with E-state index in [0.717, 1.165) is 25.2 Å². The Hall–Kier alpha value is -1.39. The van der Waals surface area contributed by atoms with Crippen LogP contribution in [0.1, 0.15) is 20.3 Å². The van der Waals surface area contributed by atoms with Crippen LogP contribution in [-0.2, 0) is 4.79 Å². The molecule has 2 N–H and O–H groups in total. The zero-order chi connectivity index (χ0) is 14.2. The minimum absolute atomic E-state index is 0.145. The summed E-state index contributed by atoms with van der Waals surface area (Å²) in [6.07, 6.45) is 0.914. The molecular formula is C16H20N2OS. The maximum Gasteiger partial charge on any atom is 0.232 e. The number of thiophene rings is 1. The van der Waals surface area contributed by atoms with Crippen LogP contribution >= 0.6 is 11.3 Å². The Balaban J connectivity index is 1.84.